The molecule has 2 aromatic rings. The molecule has 0 aliphatic rings. The average molecular weight is 307 g/mol. The van der Waals surface area contributed by atoms with Crippen molar-refractivity contribution in [2.45, 2.75) is 24.9 Å². The largest absolute Gasteiger partial charge is 0.395 e. The third-order valence-electron chi connectivity index (χ3n) is 3.74. The first-order valence-electron chi connectivity index (χ1n) is 8.07. The van der Waals surface area contributed by atoms with Crippen LogP contribution >= 0.6 is 0 Å². The van der Waals surface area contributed by atoms with Crippen LogP contribution in [0.5, 0.6) is 0 Å². The van der Waals surface area contributed by atoms with Crippen LogP contribution in [-0.2, 0) is 6.42 Å². The van der Waals surface area contributed by atoms with Crippen molar-refractivity contribution in [1.29, 1.82) is 0 Å². The van der Waals surface area contributed by atoms with Gasteiger partial charge < -0.3 is 10.4 Å². The number of benzene rings is 2. The molecule has 2 aromatic carbocycles. The van der Waals surface area contributed by atoms with Crippen LogP contribution in [0, 0.1) is 0 Å². The minimum Gasteiger partial charge on any atom is -0.395 e. The zero-order valence-electron chi connectivity index (χ0n) is 13.4. The summed E-state index contributed by atoms with van der Waals surface area (Å²) in [7, 11) is 0. The second kappa shape index (κ2) is 9.78. The van der Waals surface area contributed by atoms with Gasteiger partial charge in [0, 0.05) is 12.1 Å². The molecule has 0 aliphatic heterocycles. The fourth-order valence-corrected chi connectivity index (χ4v) is 2.55. The Kier molecular flexibility index (Phi) is 7.31. The van der Waals surface area contributed by atoms with Crippen LogP contribution in [0.2, 0.25) is 0 Å². The van der Waals surface area contributed by atoms with Gasteiger partial charge in [0.1, 0.15) is 0 Å². The molecule has 0 fully saturated rings. The van der Waals surface area contributed by atoms with E-state index in [0.29, 0.717) is 0 Å². The first-order valence-corrected chi connectivity index (χ1v) is 8.07. The molecule has 0 saturated heterocycles. The van der Waals surface area contributed by atoms with E-state index in [1.807, 2.05) is 42.5 Å². The van der Waals surface area contributed by atoms with Crippen molar-refractivity contribution < 1.29 is 5.11 Å². The summed E-state index contributed by atoms with van der Waals surface area (Å²) in [4.78, 5) is 0. The van der Waals surface area contributed by atoms with Crippen molar-refractivity contribution in [2.24, 2.45) is 0 Å². The maximum atomic E-state index is 9.68. The lowest BCUT2D eigenvalue weighted by Crippen LogP contribution is -2.40. The Morgan fingerprint density at radius 3 is 2.26 bits per heavy atom. The van der Waals surface area contributed by atoms with E-state index in [-0.39, 0.29) is 18.7 Å². The van der Waals surface area contributed by atoms with Crippen LogP contribution in [0.15, 0.2) is 79.4 Å². The fourth-order valence-electron chi connectivity index (χ4n) is 2.55. The van der Waals surface area contributed by atoms with Crippen LogP contribution in [0.1, 0.15) is 17.5 Å². The summed E-state index contributed by atoms with van der Waals surface area (Å²) in [5.74, 6) is 0. The summed E-state index contributed by atoms with van der Waals surface area (Å²) >= 11 is 0. The maximum Gasteiger partial charge on any atom is 0.0588 e. The topological polar surface area (TPSA) is 32.3 Å². The summed E-state index contributed by atoms with van der Waals surface area (Å²) in [5, 5.41) is 13.2. The minimum absolute atomic E-state index is 0.0303. The lowest BCUT2D eigenvalue weighted by Gasteiger charge is -2.22. The van der Waals surface area contributed by atoms with Gasteiger partial charge in [0.25, 0.3) is 0 Å². The average Bonchev–Trinajstić information content (AvgIpc) is 2.61. The molecule has 2 rings (SSSR count). The van der Waals surface area contributed by atoms with E-state index in [0.717, 1.165) is 12.8 Å². The van der Waals surface area contributed by atoms with E-state index in [1.54, 1.807) is 0 Å². The molecule has 0 unspecified atom stereocenters. The fraction of sp³-hybridized carbons (Fsp3) is 0.238. The van der Waals surface area contributed by atoms with E-state index < -0.39 is 0 Å². The van der Waals surface area contributed by atoms with Gasteiger partial charge in [-0.1, -0.05) is 78.9 Å². The zero-order valence-corrected chi connectivity index (χ0v) is 13.4. The Labute approximate surface area is 139 Å². The predicted octanol–water partition coefficient (Wildman–Crippen LogP) is 3.84. The summed E-state index contributed by atoms with van der Waals surface area (Å²) in [6.45, 7) is 3.95. The van der Waals surface area contributed by atoms with Gasteiger partial charge in [-0.2, -0.15) is 0 Å². The molecule has 120 valence electrons. The van der Waals surface area contributed by atoms with Crippen LogP contribution in [0.3, 0.4) is 0 Å². The van der Waals surface area contributed by atoms with Crippen molar-refractivity contribution in [3.05, 3.63) is 90.5 Å². The van der Waals surface area contributed by atoms with Crippen molar-refractivity contribution in [3.63, 3.8) is 0 Å². The Morgan fingerprint density at radius 2 is 1.65 bits per heavy atom. The molecule has 23 heavy (non-hydrogen) atoms. The van der Waals surface area contributed by atoms with Crippen molar-refractivity contribution in [3.8, 4) is 0 Å². The number of hydrogen-bond donors (Lipinski definition) is 2. The monoisotopic (exact) mass is 307 g/mol. The third kappa shape index (κ3) is 6.23. The van der Waals surface area contributed by atoms with Gasteiger partial charge in [0.15, 0.2) is 0 Å². The Balaban J connectivity index is 1.99. The van der Waals surface area contributed by atoms with Gasteiger partial charge in [-0.3, -0.25) is 0 Å². The van der Waals surface area contributed by atoms with Crippen molar-refractivity contribution >= 4 is 6.08 Å². The molecule has 0 aromatic heterocycles. The first kappa shape index (κ1) is 17.2. The van der Waals surface area contributed by atoms with Gasteiger partial charge in [-0.15, -0.1) is 6.58 Å². The molecule has 0 saturated carbocycles. The summed E-state index contributed by atoms with van der Waals surface area (Å²) in [6.07, 6.45) is 7.80. The number of rotatable bonds is 9. The normalized spacial score (nSPS) is 13.8. The molecule has 2 N–H and O–H groups in total. The highest BCUT2D eigenvalue weighted by Gasteiger charge is 2.12. The van der Waals surface area contributed by atoms with Crippen molar-refractivity contribution in [1.82, 2.24) is 5.32 Å². The molecule has 0 spiro atoms. The molecule has 2 atom stereocenters. The van der Waals surface area contributed by atoms with Crippen LogP contribution in [0.25, 0.3) is 6.08 Å². The lowest BCUT2D eigenvalue weighted by molar-refractivity contribution is 0.236. The van der Waals surface area contributed by atoms with Crippen molar-refractivity contribution in [2.75, 3.05) is 6.61 Å². The lowest BCUT2D eigenvalue weighted by atomic mass is 10.0. The van der Waals surface area contributed by atoms with E-state index in [4.69, 9.17) is 0 Å². The number of aliphatic hydroxyl groups is 1. The molecule has 0 amide bonds. The minimum atomic E-state index is 0.0303. The van der Waals surface area contributed by atoms with E-state index in [2.05, 4.69) is 48.3 Å². The number of hydrogen-bond acceptors (Lipinski definition) is 2. The molecule has 0 aliphatic carbocycles. The van der Waals surface area contributed by atoms with E-state index in [9.17, 15) is 5.11 Å². The highest BCUT2D eigenvalue weighted by Crippen LogP contribution is 2.08. The van der Waals surface area contributed by atoms with Crippen LogP contribution < -0.4 is 5.32 Å². The number of nitrogens with one attached hydrogen (secondary N) is 1. The van der Waals surface area contributed by atoms with Crippen LogP contribution in [-0.4, -0.2) is 23.8 Å². The first-order chi connectivity index (χ1) is 11.3. The smallest absolute Gasteiger partial charge is 0.0588 e. The molecule has 0 bridgehead atoms. The molecular weight excluding hydrogens is 282 g/mol. The quantitative estimate of drug-likeness (QED) is 0.690. The van der Waals surface area contributed by atoms with Gasteiger partial charge >= 0.3 is 0 Å². The molecule has 2 nitrogen and oxygen atoms in total. The highest BCUT2D eigenvalue weighted by molar-refractivity contribution is 5.49. The summed E-state index contributed by atoms with van der Waals surface area (Å²) in [6, 6.07) is 20.7. The Morgan fingerprint density at radius 1 is 1.00 bits per heavy atom. The molecule has 0 heterocycles. The molecule has 0 radical (unpaired) electrons. The third-order valence-corrected chi connectivity index (χ3v) is 3.74. The standard InChI is InChI=1S/C21H25NO/c1-2-9-20(15-14-18-10-5-3-6-11-18)22-21(17-23)16-19-12-7-4-8-13-19/h2-8,10-15,20-23H,1,9,16-17H2/b15-14+/t20-,21-/m0/s1. The second-order valence-electron chi connectivity index (χ2n) is 5.64. The van der Waals surface area contributed by atoms with Gasteiger partial charge in [-0.25, -0.2) is 0 Å². The second-order valence-corrected chi connectivity index (χ2v) is 5.64. The zero-order chi connectivity index (χ0) is 16.3. The predicted molar refractivity (Wildman–Crippen MR) is 98.2 cm³/mol. The Bertz CT molecular complexity index is 592. The van der Waals surface area contributed by atoms with E-state index in [1.165, 1.54) is 11.1 Å². The molecular formula is C21H25NO. The summed E-state index contributed by atoms with van der Waals surface area (Å²) in [5.41, 5.74) is 2.40. The maximum absolute atomic E-state index is 9.68. The summed E-state index contributed by atoms with van der Waals surface area (Å²) < 4.78 is 0. The Hall–Kier alpha value is -2.16. The highest BCUT2D eigenvalue weighted by atomic mass is 16.3. The SMILES string of the molecule is C=CC[C@@H](/C=C/c1ccccc1)N[C@H](CO)Cc1ccccc1. The van der Waals surface area contributed by atoms with Gasteiger partial charge in [-0.05, 0) is 24.0 Å². The van der Waals surface area contributed by atoms with Crippen LogP contribution in [0.4, 0.5) is 0 Å². The van der Waals surface area contributed by atoms with Gasteiger partial charge in [0.05, 0.1) is 6.61 Å². The number of aliphatic hydroxyl groups excluding tert-OH is 1. The van der Waals surface area contributed by atoms with Gasteiger partial charge in [0.2, 0.25) is 0 Å². The van der Waals surface area contributed by atoms with E-state index >= 15 is 0 Å². The molecule has 2 heteroatoms.